The number of carbonyl (C=O) groups excluding carboxylic acids is 2. The molecule has 0 radical (unpaired) electrons. The molecule has 3 unspecified atom stereocenters. The lowest BCUT2D eigenvalue weighted by Gasteiger charge is -2.43. The summed E-state index contributed by atoms with van der Waals surface area (Å²) in [7, 11) is 0. The molecule has 0 aliphatic carbocycles. The van der Waals surface area contributed by atoms with Gasteiger partial charge < -0.3 is 10.9 Å². The normalized spacial score (nSPS) is 20.8. The number of alkyl halides is 1. The SMILES string of the molecule is Nc1ccc(C(=O)NN2C(=O)C(Cl)C2c2ccc([NH+]([O-])O)cc2)cc1. The van der Waals surface area contributed by atoms with Crippen molar-refractivity contribution in [2.45, 2.75) is 11.4 Å². The number of carbonyl (C=O) groups is 2. The van der Waals surface area contributed by atoms with Crippen LogP contribution in [0.4, 0.5) is 11.4 Å². The lowest BCUT2D eigenvalue weighted by atomic mass is 9.95. The van der Waals surface area contributed by atoms with E-state index in [1.165, 1.54) is 12.1 Å². The van der Waals surface area contributed by atoms with Crippen LogP contribution in [0.15, 0.2) is 48.5 Å². The number of quaternary nitrogens is 1. The summed E-state index contributed by atoms with van der Waals surface area (Å²) in [5.41, 5.74) is 9.72. The van der Waals surface area contributed by atoms with Crippen LogP contribution < -0.4 is 16.4 Å². The maximum atomic E-state index is 12.3. The first-order valence-electron chi connectivity index (χ1n) is 7.35. The van der Waals surface area contributed by atoms with Crippen LogP contribution in [0.5, 0.6) is 0 Å². The summed E-state index contributed by atoms with van der Waals surface area (Å²) >= 11 is 6.07. The average molecular weight is 363 g/mol. The van der Waals surface area contributed by atoms with E-state index in [1.54, 1.807) is 36.4 Å². The van der Waals surface area contributed by atoms with E-state index in [4.69, 9.17) is 22.5 Å². The van der Waals surface area contributed by atoms with Crippen LogP contribution in [0.3, 0.4) is 0 Å². The minimum absolute atomic E-state index is 0.123. The number of hydrazine groups is 1. The predicted octanol–water partition coefficient (Wildman–Crippen LogP) is 0.508. The molecule has 0 bridgehead atoms. The Morgan fingerprint density at radius 3 is 2.36 bits per heavy atom. The largest absolute Gasteiger partial charge is 0.595 e. The van der Waals surface area contributed by atoms with E-state index in [0.29, 0.717) is 16.8 Å². The van der Waals surface area contributed by atoms with Crippen molar-refractivity contribution in [2.24, 2.45) is 0 Å². The highest BCUT2D eigenvalue weighted by Gasteiger charge is 2.48. The Balaban J connectivity index is 1.76. The quantitative estimate of drug-likeness (QED) is 0.273. The van der Waals surface area contributed by atoms with Crippen molar-refractivity contribution in [3.8, 4) is 0 Å². The zero-order valence-electron chi connectivity index (χ0n) is 12.8. The van der Waals surface area contributed by atoms with Gasteiger partial charge in [0.1, 0.15) is 11.4 Å². The number of anilines is 1. The van der Waals surface area contributed by atoms with Crippen LogP contribution in [0.2, 0.25) is 0 Å². The lowest BCUT2D eigenvalue weighted by molar-refractivity contribution is -0.991. The number of amides is 2. The highest BCUT2D eigenvalue weighted by atomic mass is 35.5. The molecule has 0 aromatic heterocycles. The summed E-state index contributed by atoms with van der Waals surface area (Å²) in [6.07, 6.45) is 0. The molecule has 9 heteroatoms. The standard InChI is InChI=1S/C16H15ClN4O4/c17-13-14(9-3-7-12(8-4-9)21(24)25)20(16(13)23)19-15(22)10-1-5-11(18)6-2-10/h1-8,13-14,21,24H,18H2,(H,19,22). The second kappa shape index (κ2) is 6.69. The van der Waals surface area contributed by atoms with Crippen LogP contribution in [0, 0.1) is 5.21 Å². The Bertz CT molecular complexity index is 795. The number of benzene rings is 2. The van der Waals surface area contributed by atoms with Crippen molar-refractivity contribution < 1.29 is 20.0 Å². The molecule has 25 heavy (non-hydrogen) atoms. The van der Waals surface area contributed by atoms with Gasteiger partial charge in [-0.15, -0.1) is 11.6 Å². The zero-order chi connectivity index (χ0) is 18.1. The van der Waals surface area contributed by atoms with Gasteiger partial charge in [-0.25, -0.2) is 10.2 Å². The van der Waals surface area contributed by atoms with Gasteiger partial charge in [0, 0.05) is 23.4 Å². The molecule has 2 aromatic carbocycles. The third-order valence-electron chi connectivity index (χ3n) is 3.92. The molecule has 1 aliphatic rings. The molecule has 1 fully saturated rings. The van der Waals surface area contributed by atoms with Gasteiger partial charge in [-0.2, -0.15) is 5.23 Å². The van der Waals surface area contributed by atoms with Gasteiger partial charge in [0.25, 0.3) is 11.8 Å². The molecule has 0 saturated carbocycles. The highest BCUT2D eigenvalue weighted by Crippen LogP contribution is 2.37. The smallest absolute Gasteiger partial charge is 0.269 e. The molecule has 5 N–H and O–H groups in total. The molecule has 0 spiro atoms. The zero-order valence-corrected chi connectivity index (χ0v) is 13.6. The minimum Gasteiger partial charge on any atom is -0.595 e. The summed E-state index contributed by atoms with van der Waals surface area (Å²) in [6, 6.07) is 11.7. The lowest BCUT2D eigenvalue weighted by Crippen LogP contribution is -2.99. The molecular weight excluding hydrogens is 348 g/mol. The molecule has 1 saturated heterocycles. The molecule has 1 heterocycles. The first-order chi connectivity index (χ1) is 11.9. The Morgan fingerprint density at radius 1 is 1.20 bits per heavy atom. The van der Waals surface area contributed by atoms with Gasteiger partial charge in [-0.1, -0.05) is 12.1 Å². The van der Waals surface area contributed by atoms with Crippen LogP contribution in [0.25, 0.3) is 0 Å². The molecule has 8 nitrogen and oxygen atoms in total. The Hall–Kier alpha value is -2.65. The Morgan fingerprint density at radius 2 is 1.80 bits per heavy atom. The van der Waals surface area contributed by atoms with E-state index < -0.39 is 28.5 Å². The highest BCUT2D eigenvalue weighted by molar-refractivity contribution is 6.33. The molecule has 3 atom stereocenters. The number of hydrogen-bond donors (Lipinski definition) is 4. The fourth-order valence-electron chi connectivity index (χ4n) is 2.53. The van der Waals surface area contributed by atoms with Crippen molar-refractivity contribution in [1.29, 1.82) is 0 Å². The predicted molar refractivity (Wildman–Crippen MR) is 89.8 cm³/mol. The third kappa shape index (κ3) is 3.28. The van der Waals surface area contributed by atoms with Crippen molar-refractivity contribution in [2.75, 3.05) is 5.73 Å². The average Bonchev–Trinajstić information content (AvgIpc) is 2.61. The summed E-state index contributed by atoms with van der Waals surface area (Å²) in [5, 5.41) is 19.1. The monoisotopic (exact) mass is 362 g/mol. The first kappa shape index (κ1) is 17.2. The van der Waals surface area contributed by atoms with Gasteiger partial charge in [-0.05, 0) is 29.8 Å². The summed E-state index contributed by atoms with van der Waals surface area (Å²) in [5.74, 6) is -0.901. The molecular formula is C16H15ClN4O4. The first-order valence-corrected chi connectivity index (χ1v) is 7.79. The third-order valence-corrected chi connectivity index (χ3v) is 4.35. The molecule has 2 aromatic rings. The van der Waals surface area contributed by atoms with Gasteiger partial charge in [0.15, 0.2) is 5.69 Å². The van der Waals surface area contributed by atoms with Gasteiger partial charge >= 0.3 is 0 Å². The molecule has 2 amide bonds. The number of nitrogens with zero attached hydrogens (tertiary/aromatic N) is 1. The maximum Gasteiger partial charge on any atom is 0.269 e. The van der Waals surface area contributed by atoms with E-state index in [-0.39, 0.29) is 5.69 Å². The van der Waals surface area contributed by atoms with E-state index >= 15 is 0 Å². The minimum atomic E-state index is -1.05. The fraction of sp³-hybridized carbons (Fsp3) is 0.125. The molecule has 1 aliphatic heterocycles. The van der Waals surface area contributed by atoms with Crippen LogP contribution in [-0.2, 0) is 4.79 Å². The number of β-lactam (4-membered cyclic amide) rings is 1. The number of hydrogen-bond acceptors (Lipinski definition) is 5. The van der Waals surface area contributed by atoms with Gasteiger partial charge in [0.2, 0.25) is 0 Å². The van der Waals surface area contributed by atoms with Crippen molar-refractivity contribution in [1.82, 2.24) is 10.4 Å². The molecule has 130 valence electrons. The number of nitrogens with one attached hydrogen (secondary N) is 2. The van der Waals surface area contributed by atoms with E-state index in [1.807, 2.05) is 0 Å². The van der Waals surface area contributed by atoms with Gasteiger partial charge in [0.05, 0.1) is 0 Å². The second-order valence-electron chi connectivity index (χ2n) is 5.54. The summed E-state index contributed by atoms with van der Waals surface area (Å²) in [6.45, 7) is 0. The van der Waals surface area contributed by atoms with Crippen LogP contribution in [0.1, 0.15) is 22.0 Å². The van der Waals surface area contributed by atoms with E-state index in [0.717, 1.165) is 5.01 Å². The Labute approximate surface area is 147 Å². The van der Waals surface area contributed by atoms with Crippen LogP contribution in [-0.4, -0.2) is 27.4 Å². The number of halogens is 1. The number of nitrogens with two attached hydrogens (primary N) is 1. The van der Waals surface area contributed by atoms with E-state index in [9.17, 15) is 14.8 Å². The van der Waals surface area contributed by atoms with Crippen molar-refractivity contribution in [3.05, 3.63) is 64.9 Å². The topological polar surface area (TPSA) is 123 Å². The number of nitrogen functional groups attached to an aromatic ring is 1. The number of rotatable bonds is 4. The fourth-order valence-corrected chi connectivity index (χ4v) is 2.89. The van der Waals surface area contributed by atoms with Crippen molar-refractivity contribution >= 4 is 34.8 Å². The summed E-state index contributed by atoms with van der Waals surface area (Å²) < 4.78 is 0. The van der Waals surface area contributed by atoms with E-state index in [2.05, 4.69) is 5.43 Å². The van der Waals surface area contributed by atoms with Gasteiger partial charge in [-0.3, -0.25) is 15.0 Å². The second-order valence-corrected chi connectivity index (χ2v) is 6.02. The molecule has 3 rings (SSSR count). The summed E-state index contributed by atoms with van der Waals surface area (Å²) in [4.78, 5) is 24.3. The van der Waals surface area contributed by atoms with Crippen LogP contribution >= 0.6 is 11.6 Å². The maximum absolute atomic E-state index is 12.3. The Kier molecular flexibility index (Phi) is 4.60. The van der Waals surface area contributed by atoms with Crippen molar-refractivity contribution in [3.63, 3.8) is 0 Å².